The highest BCUT2D eigenvalue weighted by Crippen LogP contribution is 2.38. The molecule has 0 unspecified atom stereocenters. The second kappa shape index (κ2) is 7.98. The van der Waals surface area contributed by atoms with E-state index in [-0.39, 0.29) is 23.7 Å². The number of nitrogens with zero attached hydrogens (tertiary/aromatic N) is 3. The van der Waals surface area contributed by atoms with Crippen LogP contribution in [-0.4, -0.2) is 61.6 Å². The molecule has 1 saturated carbocycles. The lowest BCUT2D eigenvalue weighted by atomic mass is 9.81. The van der Waals surface area contributed by atoms with Crippen molar-refractivity contribution in [3.63, 3.8) is 0 Å². The van der Waals surface area contributed by atoms with Gasteiger partial charge in [-0.3, -0.25) is 19.4 Å². The van der Waals surface area contributed by atoms with Gasteiger partial charge in [0.25, 0.3) is 0 Å². The molecule has 146 valence electrons. The van der Waals surface area contributed by atoms with Crippen molar-refractivity contribution in [3.8, 4) is 0 Å². The molecule has 2 saturated heterocycles. The van der Waals surface area contributed by atoms with Crippen LogP contribution in [0.4, 0.5) is 5.69 Å². The van der Waals surface area contributed by atoms with Gasteiger partial charge >= 0.3 is 0 Å². The zero-order valence-electron chi connectivity index (χ0n) is 16.1. The maximum absolute atomic E-state index is 12.6. The first-order chi connectivity index (χ1) is 13.1. The largest absolute Gasteiger partial charge is 0.378 e. The normalized spacial score (nSPS) is 26.0. The number of fused-ring (bicyclic) bond motifs is 1. The minimum atomic E-state index is -0.0625. The molecule has 27 heavy (non-hydrogen) atoms. The van der Waals surface area contributed by atoms with Gasteiger partial charge in [0, 0.05) is 25.3 Å². The summed E-state index contributed by atoms with van der Waals surface area (Å²) >= 11 is 0. The van der Waals surface area contributed by atoms with Crippen LogP contribution < -0.4 is 4.90 Å². The number of rotatable bonds is 5. The molecule has 1 aromatic rings. The van der Waals surface area contributed by atoms with Crippen LogP contribution in [0.3, 0.4) is 0 Å². The third-order valence-electron chi connectivity index (χ3n) is 6.08. The predicted molar refractivity (Wildman–Crippen MR) is 103 cm³/mol. The molecule has 2 heterocycles. The van der Waals surface area contributed by atoms with E-state index >= 15 is 0 Å². The maximum atomic E-state index is 12.6. The summed E-state index contributed by atoms with van der Waals surface area (Å²) < 4.78 is 5.41. The molecule has 2 atom stereocenters. The van der Waals surface area contributed by atoms with Crippen molar-refractivity contribution in [2.75, 3.05) is 44.9 Å². The van der Waals surface area contributed by atoms with Crippen molar-refractivity contribution in [2.45, 2.75) is 32.2 Å². The average Bonchev–Trinajstić information content (AvgIpc) is 2.94. The molecular weight excluding hydrogens is 342 g/mol. The molecule has 0 bridgehead atoms. The minimum Gasteiger partial charge on any atom is -0.378 e. The van der Waals surface area contributed by atoms with Crippen LogP contribution in [0, 0.1) is 11.8 Å². The quantitative estimate of drug-likeness (QED) is 0.742. The maximum Gasteiger partial charge on any atom is 0.234 e. The van der Waals surface area contributed by atoms with E-state index in [0.29, 0.717) is 6.67 Å². The number of ether oxygens (including phenoxy) is 1. The Morgan fingerprint density at radius 2 is 1.59 bits per heavy atom. The number of morpholine rings is 1. The summed E-state index contributed by atoms with van der Waals surface area (Å²) in [6.45, 7) is 4.53. The fourth-order valence-corrected chi connectivity index (χ4v) is 4.61. The zero-order chi connectivity index (χ0) is 18.8. The lowest BCUT2D eigenvalue weighted by molar-refractivity contribution is -0.142. The smallest absolute Gasteiger partial charge is 0.234 e. The second-order valence-electron chi connectivity index (χ2n) is 8.02. The number of likely N-dealkylation sites (tertiary alicyclic amines) is 1. The Labute approximate surface area is 161 Å². The number of anilines is 1. The van der Waals surface area contributed by atoms with Crippen LogP contribution in [0.2, 0.25) is 0 Å². The molecule has 6 heteroatoms. The van der Waals surface area contributed by atoms with Crippen molar-refractivity contribution >= 4 is 17.5 Å². The van der Waals surface area contributed by atoms with E-state index < -0.39 is 0 Å². The molecule has 0 N–H and O–H groups in total. The standard InChI is InChI=1S/C21H29N3O3/c1-22(15-24-20(25)18-4-2-3-5-19(18)21(24)26)14-16-6-8-17(9-7-16)23-10-12-27-13-11-23/h6-9,18-19H,2-5,10-15H2,1H3/t18-,19-/m1/s1. The van der Waals surface area contributed by atoms with Crippen LogP contribution in [0.25, 0.3) is 0 Å². The van der Waals surface area contributed by atoms with E-state index in [2.05, 4.69) is 34.1 Å². The number of hydrogen-bond acceptors (Lipinski definition) is 5. The van der Waals surface area contributed by atoms with E-state index in [4.69, 9.17) is 4.74 Å². The Morgan fingerprint density at radius 3 is 2.19 bits per heavy atom. The third-order valence-corrected chi connectivity index (χ3v) is 6.08. The van der Waals surface area contributed by atoms with Crippen LogP contribution in [-0.2, 0) is 20.9 Å². The molecule has 4 rings (SSSR count). The molecule has 3 aliphatic rings. The predicted octanol–water partition coefficient (Wildman–Crippen LogP) is 2.09. The van der Waals surface area contributed by atoms with Crippen molar-refractivity contribution in [1.82, 2.24) is 9.80 Å². The fourth-order valence-electron chi connectivity index (χ4n) is 4.61. The van der Waals surface area contributed by atoms with Gasteiger partial charge in [0.1, 0.15) is 0 Å². The van der Waals surface area contributed by atoms with Gasteiger partial charge in [-0.15, -0.1) is 0 Å². The summed E-state index contributed by atoms with van der Waals surface area (Å²) in [5.74, 6) is -0.0432. The van der Waals surface area contributed by atoms with Gasteiger partial charge in [0.2, 0.25) is 11.8 Å². The zero-order valence-corrected chi connectivity index (χ0v) is 16.1. The average molecular weight is 371 g/mol. The van der Waals surface area contributed by atoms with Crippen molar-refractivity contribution in [3.05, 3.63) is 29.8 Å². The van der Waals surface area contributed by atoms with E-state index in [0.717, 1.165) is 58.5 Å². The number of carbonyl (C=O) groups is 2. The molecular formula is C21H29N3O3. The van der Waals surface area contributed by atoms with Crippen LogP contribution in [0.1, 0.15) is 31.2 Å². The van der Waals surface area contributed by atoms with Crippen LogP contribution >= 0.6 is 0 Å². The first-order valence-corrected chi connectivity index (χ1v) is 10.1. The molecule has 0 spiro atoms. The van der Waals surface area contributed by atoms with E-state index in [1.165, 1.54) is 16.2 Å². The number of hydrogen-bond donors (Lipinski definition) is 0. The number of benzene rings is 1. The fraction of sp³-hybridized carbons (Fsp3) is 0.619. The molecule has 3 fully saturated rings. The number of amides is 2. The molecule has 1 aliphatic carbocycles. The lowest BCUT2D eigenvalue weighted by Crippen LogP contribution is -2.40. The third kappa shape index (κ3) is 3.87. The highest BCUT2D eigenvalue weighted by molar-refractivity contribution is 6.05. The van der Waals surface area contributed by atoms with Crippen molar-refractivity contribution in [1.29, 1.82) is 0 Å². The monoisotopic (exact) mass is 371 g/mol. The van der Waals surface area contributed by atoms with Gasteiger partial charge in [-0.25, -0.2) is 0 Å². The lowest BCUT2D eigenvalue weighted by Gasteiger charge is -2.29. The Balaban J connectivity index is 1.34. The van der Waals surface area contributed by atoms with Gasteiger partial charge in [0.15, 0.2) is 0 Å². The molecule has 2 aliphatic heterocycles. The summed E-state index contributed by atoms with van der Waals surface area (Å²) in [6, 6.07) is 8.56. The molecule has 0 aromatic heterocycles. The van der Waals surface area contributed by atoms with Crippen molar-refractivity contribution < 1.29 is 14.3 Å². The van der Waals surface area contributed by atoms with Crippen LogP contribution in [0.5, 0.6) is 0 Å². The molecule has 0 radical (unpaired) electrons. The highest BCUT2D eigenvalue weighted by Gasteiger charge is 2.48. The SMILES string of the molecule is CN(Cc1ccc(N2CCOCC2)cc1)CN1C(=O)[C@@H]2CCCC[C@H]2C1=O. The molecule has 2 amide bonds. The Kier molecular flexibility index (Phi) is 5.45. The van der Waals surface area contributed by atoms with E-state index in [1.807, 2.05) is 7.05 Å². The van der Waals surface area contributed by atoms with Crippen LogP contribution in [0.15, 0.2) is 24.3 Å². The van der Waals surface area contributed by atoms with E-state index in [1.54, 1.807) is 0 Å². The summed E-state index contributed by atoms with van der Waals surface area (Å²) in [5, 5.41) is 0. The first kappa shape index (κ1) is 18.4. The van der Waals surface area contributed by atoms with Gasteiger partial charge in [-0.1, -0.05) is 25.0 Å². The van der Waals surface area contributed by atoms with Gasteiger partial charge in [0.05, 0.1) is 31.7 Å². The molecule has 6 nitrogen and oxygen atoms in total. The van der Waals surface area contributed by atoms with Gasteiger partial charge in [-0.2, -0.15) is 0 Å². The number of imide groups is 1. The summed E-state index contributed by atoms with van der Waals surface area (Å²) in [4.78, 5) is 31.1. The van der Waals surface area contributed by atoms with Crippen molar-refractivity contribution in [2.24, 2.45) is 11.8 Å². The molecule has 1 aromatic carbocycles. The minimum absolute atomic E-state index is 0.0409. The second-order valence-corrected chi connectivity index (χ2v) is 8.02. The number of carbonyl (C=O) groups excluding carboxylic acids is 2. The summed E-state index contributed by atoms with van der Waals surface area (Å²) in [7, 11) is 1.97. The van der Waals surface area contributed by atoms with E-state index in [9.17, 15) is 9.59 Å². The highest BCUT2D eigenvalue weighted by atomic mass is 16.5. The van der Waals surface area contributed by atoms with Gasteiger partial charge in [-0.05, 0) is 37.6 Å². The first-order valence-electron chi connectivity index (χ1n) is 10.1. The Morgan fingerprint density at radius 1 is 1.00 bits per heavy atom. The Hall–Kier alpha value is -1.92. The topological polar surface area (TPSA) is 53.1 Å². The van der Waals surface area contributed by atoms with Gasteiger partial charge < -0.3 is 9.64 Å². The summed E-state index contributed by atoms with van der Waals surface area (Å²) in [5.41, 5.74) is 2.41. The Bertz CT molecular complexity index is 660. The summed E-state index contributed by atoms with van der Waals surface area (Å²) in [6.07, 6.45) is 3.88.